The van der Waals surface area contributed by atoms with Gasteiger partial charge in [-0.25, -0.2) is 10.4 Å². The van der Waals surface area contributed by atoms with Crippen LogP contribution in [0.2, 0.25) is 0 Å². The monoisotopic (exact) mass is 545 g/mol. The van der Waals surface area contributed by atoms with E-state index in [1.807, 2.05) is 42.5 Å². The number of anilines is 1. The van der Waals surface area contributed by atoms with E-state index in [9.17, 15) is 9.59 Å². The number of para-hydroxylation sites is 1. The minimum Gasteiger partial charge on any atom is -0.372 e. The average molecular weight is 546 g/mol. The van der Waals surface area contributed by atoms with Crippen molar-refractivity contribution >= 4 is 51.1 Å². The highest BCUT2D eigenvalue weighted by atomic mass is 32.2. The first-order valence-electron chi connectivity index (χ1n) is 13.0. The van der Waals surface area contributed by atoms with E-state index in [4.69, 9.17) is 4.98 Å². The predicted octanol–water partition coefficient (Wildman–Crippen LogP) is 5.41. The number of benzene rings is 2. The lowest BCUT2D eigenvalue weighted by molar-refractivity contribution is -0.118. The van der Waals surface area contributed by atoms with Crippen molar-refractivity contribution in [2.75, 3.05) is 23.7 Å². The number of aryl methyl sites for hydroxylation is 2. The van der Waals surface area contributed by atoms with Gasteiger partial charge in [-0.3, -0.25) is 14.2 Å². The van der Waals surface area contributed by atoms with Gasteiger partial charge in [-0.05, 0) is 74.9 Å². The summed E-state index contributed by atoms with van der Waals surface area (Å²) in [5.41, 5.74) is 6.51. The van der Waals surface area contributed by atoms with Gasteiger partial charge in [0.2, 0.25) is 0 Å². The molecule has 1 N–H and O–H groups in total. The number of hydrogen-bond donors (Lipinski definition) is 1. The molecule has 196 valence electrons. The second-order valence-corrected chi connectivity index (χ2v) is 11.1. The maximum Gasteiger partial charge on any atom is 0.267 e. The first-order chi connectivity index (χ1) is 18.6. The van der Waals surface area contributed by atoms with Gasteiger partial charge in [0.15, 0.2) is 5.16 Å². The van der Waals surface area contributed by atoms with Crippen molar-refractivity contribution in [3.8, 4) is 5.69 Å². The van der Waals surface area contributed by atoms with E-state index in [0.717, 1.165) is 71.5 Å². The number of thiophene rings is 1. The topological polar surface area (TPSA) is 79.6 Å². The zero-order valence-corrected chi connectivity index (χ0v) is 23.3. The fraction of sp³-hybridized carbons (Fsp3) is 0.310. The number of fused-ring (bicyclic) bond motifs is 3. The molecular weight excluding hydrogens is 514 g/mol. The molecular formula is C29H31N5O2S2. The number of rotatable bonds is 9. The van der Waals surface area contributed by atoms with E-state index in [1.165, 1.54) is 16.6 Å². The van der Waals surface area contributed by atoms with Crippen LogP contribution < -0.4 is 15.9 Å². The van der Waals surface area contributed by atoms with E-state index >= 15 is 0 Å². The molecule has 9 heteroatoms. The van der Waals surface area contributed by atoms with Crippen molar-refractivity contribution in [2.24, 2.45) is 5.10 Å². The van der Waals surface area contributed by atoms with E-state index in [0.29, 0.717) is 5.16 Å². The lowest BCUT2D eigenvalue weighted by Crippen LogP contribution is -2.24. The molecule has 0 saturated heterocycles. The molecule has 2 heterocycles. The van der Waals surface area contributed by atoms with Crippen LogP contribution in [0.5, 0.6) is 0 Å². The molecule has 2 aromatic carbocycles. The van der Waals surface area contributed by atoms with Gasteiger partial charge >= 0.3 is 0 Å². The van der Waals surface area contributed by atoms with Gasteiger partial charge in [0, 0.05) is 23.7 Å². The molecule has 1 amide bonds. The van der Waals surface area contributed by atoms with Gasteiger partial charge < -0.3 is 4.90 Å². The molecule has 1 aliphatic rings. The summed E-state index contributed by atoms with van der Waals surface area (Å²) in [6.45, 7) is 6.17. The molecule has 0 radical (unpaired) electrons. The Kier molecular flexibility index (Phi) is 8.24. The molecule has 0 fully saturated rings. The normalized spacial score (nSPS) is 13.1. The lowest BCUT2D eigenvalue weighted by Gasteiger charge is -2.20. The molecule has 1 aliphatic carbocycles. The Hall–Kier alpha value is -3.43. The molecule has 0 atom stereocenters. The fourth-order valence-electron chi connectivity index (χ4n) is 4.79. The van der Waals surface area contributed by atoms with Crippen LogP contribution in [0.25, 0.3) is 15.9 Å². The lowest BCUT2D eigenvalue weighted by atomic mass is 9.97. The summed E-state index contributed by atoms with van der Waals surface area (Å²) in [5, 5.41) is 5.37. The van der Waals surface area contributed by atoms with E-state index in [2.05, 4.69) is 41.4 Å². The van der Waals surface area contributed by atoms with Crippen molar-refractivity contribution in [2.45, 2.75) is 44.7 Å². The van der Waals surface area contributed by atoms with Gasteiger partial charge in [-0.1, -0.05) is 42.1 Å². The summed E-state index contributed by atoms with van der Waals surface area (Å²) in [6, 6.07) is 17.6. The van der Waals surface area contributed by atoms with Gasteiger partial charge in [0.25, 0.3) is 11.5 Å². The molecule has 0 bridgehead atoms. The summed E-state index contributed by atoms with van der Waals surface area (Å²) in [6.07, 6.45) is 5.80. The molecule has 5 rings (SSSR count). The Bertz CT molecular complexity index is 1510. The molecule has 0 aliphatic heterocycles. The number of aromatic nitrogens is 2. The van der Waals surface area contributed by atoms with Gasteiger partial charge in [-0.2, -0.15) is 5.10 Å². The van der Waals surface area contributed by atoms with Crippen LogP contribution >= 0.6 is 23.1 Å². The molecule has 4 aromatic rings. The first kappa shape index (κ1) is 26.2. The second kappa shape index (κ2) is 12.0. The fourth-order valence-corrected chi connectivity index (χ4v) is 6.90. The van der Waals surface area contributed by atoms with Gasteiger partial charge in [0.05, 0.1) is 23.0 Å². The minimum atomic E-state index is -0.259. The van der Waals surface area contributed by atoms with E-state index in [1.54, 1.807) is 22.1 Å². The second-order valence-electron chi connectivity index (χ2n) is 9.11. The van der Waals surface area contributed by atoms with Crippen molar-refractivity contribution in [3.05, 3.63) is 81.0 Å². The Morgan fingerprint density at radius 3 is 2.58 bits per heavy atom. The Labute approximate surface area is 230 Å². The molecule has 0 unspecified atom stereocenters. The maximum atomic E-state index is 13.8. The third kappa shape index (κ3) is 5.54. The number of hydrogen-bond acceptors (Lipinski definition) is 7. The third-order valence-electron chi connectivity index (χ3n) is 6.73. The highest BCUT2D eigenvalue weighted by Crippen LogP contribution is 2.35. The number of carbonyl (C=O) groups excluding carboxylic acids is 1. The van der Waals surface area contributed by atoms with Crippen LogP contribution in [0.3, 0.4) is 0 Å². The van der Waals surface area contributed by atoms with E-state index in [-0.39, 0.29) is 17.2 Å². The van der Waals surface area contributed by atoms with Gasteiger partial charge in [0.1, 0.15) is 4.83 Å². The molecule has 7 nitrogen and oxygen atoms in total. The third-order valence-corrected chi connectivity index (χ3v) is 8.85. The SMILES string of the molecule is CCN(CC)c1ccc(C=NNC(=O)CSc2nc3sc4c(c3c(=O)n2-c2ccccc2)CCCC4)cc1. The summed E-state index contributed by atoms with van der Waals surface area (Å²) >= 11 is 2.87. The number of hydrazone groups is 1. The highest BCUT2D eigenvalue weighted by molar-refractivity contribution is 7.99. The Morgan fingerprint density at radius 1 is 1.11 bits per heavy atom. The largest absolute Gasteiger partial charge is 0.372 e. The van der Waals surface area contributed by atoms with Crippen LogP contribution in [-0.2, 0) is 17.6 Å². The minimum absolute atomic E-state index is 0.0605. The number of thioether (sulfide) groups is 1. The number of nitrogens with zero attached hydrogens (tertiary/aromatic N) is 4. The average Bonchev–Trinajstić information content (AvgIpc) is 3.32. The number of carbonyl (C=O) groups is 1. The van der Waals surface area contributed by atoms with Crippen molar-refractivity contribution in [1.29, 1.82) is 0 Å². The summed E-state index contributed by atoms with van der Waals surface area (Å²) in [4.78, 5) is 35.6. The highest BCUT2D eigenvalue weighted by Gasteiger charge is 2.23. The van der Waals surface area contributed by atoms with Crippen LogP contribution in [-0.4, -0.2) is 40.5 Å². The summed E-state index contributed by atoms with van der Waals surface area (Å²) < 4.78 is 1.64. The predicted molar refractivity (Wildman–Crippen MR) is 158 cm³/mol. The van der Waals surface area contributed by atoms with E-state index < -0.39 is 0 Å². The molecule has 2 aromatic heterocycles. The van der Waals surface area contributed by atoms with Crippen LogP contribution in [0.1, 0.15) is 42.7 Å². The quantitative estimate of drug-likeness (QED) is 0.132. The standard InChI is InChI=1S/C29H31N5O2S2/c1-3-33(4-2)21-16-14-20(15-17-21)18-30-32-25(35)19-37-29-31-27-26(23-12-8-9-13-24(23)38-27)28(36)34(29)22-10-6-5-7-11-22/h5-7,10-11,14-18H,3-4,8-9,12-13,19H2,1-2H3,(H,32,35). The maximum absolute atomic E-state index is 13.8. The zero-order chi connectivity index (χ0) is 26.5. The Balaban J connectivity index is 1.32. The van der Waals surface area contributed by atoms with Crippen molar-refractivity contribution < 1.29 is 4.79 Å². The molecule has 38 heavy (non-hydrogen) atoms. The number of amides is 1. The number of nitrogens with one attached hydrogen (secondary N) is 1. The van der Waals surface area contributed by atoms with Gasteiger partial charge in [-0.15, -0.1) is 11.3 Å². The van der Waals surface area contributed by atoms with Crippen molar-refractivity contribution in [1.82, 2.24) is 15.0 Å². The van der Waals surface area contributed by atoms with Crippen LogP contribution in [0.15, 0.2) is 69.6 Å². The van der Waals surface area contributed by atoms with Crippen molar-refractivity contribution in [3.63, 3.8) is 0 Å². The summed E-state index contributed by atoms with van der Waals surface area (Å²) in [7, 11) is 0. The Morgan fingerprint density at radius 2 is 1.84 bits per heavy atom. The summed E-state index contributed by atoms with van der Waals surface area (Å²) in [5.74, 6) is -0.167. The van der Waals surface area contributed by atoms with Crippen LogP contribution in [0, 0.1) is 0 Å². The molecule has 0 saturated carbocycles. The smallest absolute Gasteiger partial charge is 0.267 e. The molecule has 0 spiro atoms. The first-order valence-corrected chi connectivity index (χ1v) is 14.8. The zero-order valence-electron chi connectivity index (χ0n) is 21.6. The van der Waals surface area contributed by atoms with Crippen LogP contribution in [0.4, 0.5) is 5.69 Å².